The summed E-state index contributed by atoms with van der Waals surface area (Å²) in [5.41, 5.74) is 6.48. The molecule has 1 unspecified atom stereocenters. The Labute approximate surface area is 209 Å². The van der Waals surface area contributed by atoms with Crippen LogP contribution in [0.25, 0.3) is 22.5 Å². The van der Waals surface area contributed by atoms with E-state index in [1.165, 1.54) is 25.7 Å². The molecule has 0 radical (unpaired) electrons. The van der Waals surface area contributed by atoms with Crippen LogP contribution in [0.1, 0.15) is 60.3 Å². The molecular weight excluding hydrogens is 454 g/mol. The van der Waals surface area contributed by atoms with Crippen molar-refractivity contribution in [3.05, 3.63) is 52.9 Å². The second-order valence-electron chi connectivity index (χ2n) is 10.4. The second-order valence-corrected chi connectivity index (χ2v) is 10.4. The molecule has 1 atom stereocenters. The van der Waals surface area contributed by atoms with Gasteiger partial charge in [0.15, 0.2) is 5.82 Å². The van der Waals surface area contributed by atoms with E-state index < -0.39 is 0 Å². The molecule has 9 heteroatoms. The Morgan fingerprint density at radius 2 is 1.67 bits per heavy atom. The minimum atomic E-state index is -0.384. The Kier molecular flexibility index (Phi) is 5.50. The lowest BCUT2D eigenvalue weighted by molar-refractivity contribution is -0.119. The van der Waals surface area contributed by atoms with Gasteiger partial charge in [0.25, 0.3) is 0 Å². The van der Waals surface area contributed by atoms with Crippen LogP contribution in [0.4, 0.5) is 5.69 Å². The monoisotopic (exact) mass is 485 g/mol. The van der Waals surface area contributed by atoms with E-state index in [4.69, 9.17) is 4.52 Å². The molecule has 2 fully saturated rings. The number of aryl methyl sites for hydroxylation is 4. The van der Waals surface area contributed by atoms with E-state index in [0.29, 0.717) is 29.2 Å². The van der Waals surface area contributed by atoms with Gasteiger partial charge in [-0.25, -0.2) is 0 Å². The van der Waals surface area contributed by atoms with Crippen LogP contribution in [0.5, 0.6) is 0 Å². The highest BCUT2D eigenvalue weighted by molar-refractivity contribution is 5.96. The largest absolute Gasteiger partial charge is 0.361 e. The fourth-order valence-corrected chi connectivity index (χ4v) is 5.64. The first-order valence-corrected chi connectivity index (χ1v) is 12.7. The smallest absolute Gasteiger partial charge is 0.235 e. The van der Waals surface area contributed by atoms with Crippen LogP contribution in [0.2, 0.25) is 0 Å². The van der Waals surface area contributed by atoms with Crippen LogP contribution < -0.4 is 5.32 Å². The predicted molar refractivity (Wildman–Crippen MR) is 135 cm³/mol. The Morgan fingerprint density at radius 3 is 2.22 bits per heavy atom. The van der Waals surface area contributed by atoms with Crippen molar-refractivity contribution in [2.24, 2.45) is 17.8 Å². The molecule has 2 aliphatic carbocycles. The molecule has 2 aliphatic rings. The number of aromatic nitrogens is 6. The zero-order valence-corrected chi connectivity index (χ0v) is 21.1. The number of hydrogen-bond donors (Lipinski definition) is 3. The number of carbonyl (C=O) groups excluding carboxylic acids is 1. The van der Waals surface area contributed by atoms with E-state index in [-0.39, 0.29) is 17.7 Å². The molecule has 3 aromatic heterocycles. The first-order chi connectivity index (χ1) is 17.4. The van der Waals surface area contributed by atoms with Crippen molar-refractivity contribution >= 4 is 11.6 Å². The molecule has 3 N–H and O–H groups in total. The lowest BCUT2D eigenvalue weighted by Crippen LogP contribution is -2.31. The van der Waals surface area contributed by atoms with Crippen molar-refractivity contribution < 1.29 is 9.32 Å². The average molecular weight is 486 g/mol. The normalized spacial score (nSPS) is 16.5. The van der Waals surface area contributed by atoms with E-state index in [0.717, 1.165) is 39.5 Å². The van der Waals surface area contributed by atoms with E-state index >= 15 is 0 Å². The number of anilines is 1. The minimum Gasteiger partial charge on any atom is -0.361 e. The Morgan fingerprint density at radius 1 is 0.972 bits per heavy atom. The SMILES string of the molecule is Cc1n[nH]c(C)c1-c1ccc(NC(=O)C(c2nnc(-c3c(C)noc3C)[nH]2)C(C2CC2)C2CC2)cc1. The number of rotatable bonds is 8. The van der Waals surface area contributed by atoms with E-state index in [1.807, 2.05) is 52.0 Å². The van der Waals surface area contributed by atoms with Crippen molar-refractivity contribution in [2.45, 2.75) is 59.3 Å². The van der Waals surface area contributed by atoms with Crippen LogP contribution in [0.3, 0.4) is 0 Å². The van der Waals surface area contributed by atoms with Gasteiger partial charge in [-0.1, -0.05) is 17.3 Å². The van der Waals surface area contributed by atoms with Crippen molar-refractivity contribution in [3.8, 4) is 22.5 Å². The van der Waals surface area contributed by atoms with E-state index in [2.05, 4.69) is 35.9 Å². The number of hydrogen-bond acceptors (Lipinski definition) is 6. The van der Waals surface area contributed by atoms with Gasteiger partial charge in [0.1, 0.15) is 17.5 Å². The molecule has 1 amide bonds. The molecule has 3 heterocycles. The molecule has 0 spiro atoms. The molecule has 0 saturated heterocycles. The van der Waals surface area contributed by atoms with Crippen molar-refractivity contribution in [1.82, 2.24) is 30.5 Å². The summed E-state index contributed by atoms with van der Waals surface area (Å²) in [6, 6.07) is 7.96. The van der Waals surface area contributed by atoms with Crippen molar-refractivity contribution in [1.29, 1.82) is 0 Å². The highest BCUT2D eigenvalue weighted by atomic mass is 16.5. The summed E-state index contributed by atoms with van der Waals surface area (Å²) in [4.78, 5) is 17.2. The quantitative estimate of drug-likeness (QED) is 0.313. The van der Waals surface area contributed by atoms with Gasteiger partial charge in [0, 0.05) is 16.9 Å². The van der Waals surface area contributed by atoms with Crippen LogP contribution in [0.15, 0.2) is 28.8 Å². The zero-order chi connectivity index (χ0) is 25.0. The number of amides is 1. The number of nitrogens with one attached hydrogen (secondary N) is 3. The van der Waals surface area contributed by atoms with Gasteiger partial charge < -0.3 is 14.8 Å². The van der Waals surface area contributed by atoms with Gasteiger partial charge in [-0.3, -0.25) is 9.89 Å². The van der Waals surface area contributed by atoms with Crippen LogP contribution in [-0.2, 0) is 4.79 Å². The van der Waals surface area contributed by atoms with Crippen LogP contribution in [0, 0.1) is 45.4 Å². The van der Waals surface area contributed by atoms with Gasteiger partial charge in [0.05, 0.1) is 17.0 Å². The Hall–Kier alpha value is -3.75. The molecule has 4 aromatic rings. The highest BCUT2D eigenvalue weighted by Crippen LogP contribution is 2.54. The average Bonchev–Trinajstić information content (AvgIpc) is 3.77. The van der Waals surface area contributed by atoms with Crippen molar-refractivity contribution in [3.63, 3.8) is 0 Å². The van der Waals surface area contributed by atoms with Gasteiger partial charge in [-0.2, -0.15) is 5.10 Å². The van der Waals surface area contributed by atoms with Gasteiger partial charge in [0.2, 0.25) is 5.91 Å². The number of H-pyrrole nitrogens is 2. The molecule has 186 valence electrons. The maximum absolute atomic E-state index is 13.8. The summed E-state index contributed by atoms with van der Waals surface area (Å²) in [7, 11) is 0. The zero-order valence-electron chi connectivity index (χ0n) is 21.1. The lowest BCUT2D eigenvalue weighted by atomic mass is 9.82. The number of nitrogens with zero attached hydrogens (tertiary/aromatic N) is 4. The fraction of sp³-hybridized carbons (Fsp3) is 0.444. The fourth-order valence-electron chi connectivity index (χ4n) is 5.64. The summed E-state index contributed by atoms with van der Waals surface area (Å²) in [5, 5.41) is 23.4. The highest BCUT2D eigenvalue weighted by Gasteiger charge is 2.49. The van der Waals surface area contributed by atoms with Crippen LogP contribution in [-0.4, -0.2) is 36.4 Å². The third-order valence-electron chi connectivity index (χ3n) is 7.64. The Bertz CT molecular complexity index is 1360. The lowest BCUT2D eigenvalue weighted by Gasteiger charge is -2.24. The third kappa shape index (κ3) is 4.12. The molecule has 6 rings (SSSR count). The first kappa shape index (κ1) is 22.7. The standard InChI is InChI=1S/C27H31N7O2/c1-13-21(14(2)31-30-13)17-9-11-20(12-10-17)28-27(35)24(23(18-5-6-18)19-7-8-19)26-29-25(32-33-26)22-15(3)34-36-16(22)4/h9-12,18-19,23-24H,5-8H2,1-4H3,(H,28,35)(H,30,31)(H,29,32,33). The maximum Gasteiger partial charge on any atom is 0.235 e. The Balaban J connectivity index is 1.29. The molecule has 9 nitrogen and oxygen atoms in total. The van der Waals surface area contributed by atoms with Crippen molar-refractivity contribution in [2.75, 3.05) is 5.32 Å². The first-order valence-electron chi connectivity index (χ1n) is 12.7. The number of benzene rings is 1. The summed E-state index contributed by atoms with van der Waals surface area (Å²) < 4.78 is 5.32. The third-order valence-corrected chi connectivity index (χ3v) is 7.64. The molecule has 36 heavy (non-hydrogen) atoms. The summed E-state index contributed by atoms with van der Waals surface area (Å²) in [5.74, 6) is 2.87. The summed E-state index contributed by atoms with van der Waals surface area (Å²) >= 11 is 0. The van der Waals surface area contributed by atoms with Gasteiger partial charge in [-0.05, 0) is 88.8 Å². The molecule has 0 aliphatic heterocycles. The molecule has 1 aromatic carbocycles. The van der Waals surface area contributed by atoms with Crippen LogP contribution >= 0.6 is 0 Å². The predicted octanol–water partition coefficient (Wildman–Crippen LogP) is 5.24. The summed E-state index contributed by atoms with van der Waals surface area (Å²) in [6.45, 7) is 7.74. The second kappa shape index (κ2) is 8.72. The summed E-state index contributed by atoms with van der Waals surface area (Å²) in [6.07, 6.45) is 4.70. The maximum atomic E-state index is 13.8. The molecular formula is C27H31N7O2. The van der Waals surface area contributed by atoms with E-state index in [9.17, 15) is 4.79 Å². The number of aromatic amines is 2. The minimum absolute atomic E-state index is 0.0383. The molecule has 0 bridgehead atoms. The number of carbonyl (C=O) groups is 1. The topological polar surface area (TPSA) is 125 Å². The molecule has 2 saturated carbocycles. The van der Waals surface area contributed by atoms with Gasteiger partial charge >= 0.3 is 0 Å². The van der Waals surface area contributed by atoms with E-state index in [1.54, 1.807) is 0 Å². The van der Waals surface area contributed by atoms with Gasteiger partial charge in [-0.15, -0.1) is 10.2 Å².